The van der Waals surface area contributed by atoms with E-state index in [1.165, 1.54) is 12.1 Å². The summed E-state index contributed by atoms with van der Waals surface area (Å²) in [6.45, 7) is 5.73. The number of aromatic nitrogens is 5. The lowest BCUT2D eigenvalue weighted by Gasteiger charge is -2.25. The highest BCUT2D eigenvalue weighted by Gasteiger charge is 2.23. The molecule has 0 spiro atoms. The summed E-state index contributed by atoms with van der Waals surface area (Å²) in [6, 6.07) is 12.8. The van der Waals surface area contributed by atoms with Crippen LogP contribution in [0, 0.1) is 19.7 Å². The van der Waals surface area contributed by atoms with Crippen LogP contribution in [0.5, 0.6) is 5.75 Å². The third kappa shape index (κ3) is 4.44. The van der Waals surface area contributed by atoms with Crippen molar-refractivity contribution in [3.8, 4) is 16.9 Å². The molecule has 8 nitrogen and oxygen atoms in total. The first-order valence-corrected chi connectivity index (χ1v) is 12.1. The summed E-state index contributed by atoms with van der Waals surface area (Å²) >= 11 is 0. The number of nitrogens with zero attached hydrogens (tertiary/aromatic N) is 5. The SMILES string of the molecule is Cc1cc(-c2cnc3nc[nH]c3c2)cc2c1OCCN(c1nc(N)nc(C)c1Cc1ccc(F)cc1)C2. The number of nitrogens with two attached hydrogens (primary N) is 1. The number of rotatable bonds is 4. The highest BCUT2D eigenvalue weighted by molar-refractivity contribution is 5.78. The van der Waals surface area contributed by atoms with Crippen LogP contribution < -0.4 is 15.4 Å². The van der Waals surface area contributed by atoms with Crippen LogP contribution in [0.1, 0.15) is 27.9 Å². The van der Waals surface area contributed by atoms with Gasteiger partial charge in [0.2, 0.25) is 5.95 Å². The van der Waals surface area contributed by atoms with Gasteiger partial charge < -0.3 is 20.4 Å². The molecule has 0 fully saturated rings. The third-order valence-electron chi connectivity index (χ3n) is 6.73. The second-order valence-electron chi connectivity index (χ2n) is 9.32. The molecule has 2 aromatic carbocycles. The highest BCUT2D eigenvalue weighted by Crippen LogP contribution is 2.35. The predicted octanol–water partition coefficient (Wildman–Crippen LogP) is 4.74. The average Bonchev–Trinajstić information content (AvgIpc) is 3.24. The molecule has 37 heavy (non-hydrogen) atoms. The number of halogens is 1. The molecule has 1 aliphatic heterocycles. The van der Waals surface area contributed by atoms with Crippen LogP contribution in [0.2, 0.25) is 0 Å². The number of hydrogen-bond acceptors (Lipinski definition) is 7. The molecule has 186 valence electrons. The van der Waals surface area contributed by atoms with Crippen LogP contribution in [0.3, 0.4) is 0 Å². The summed E-state index contributed by atoms with van der Waals surface area (Å²) in [6.07, 6.45) is 4.06. The van der Waals surface area contributed by atoms with Gasteiger partial charge in [0.15, 0.2) is 5.65 Å². The minimum atomic E-state index is -0.261. The second kappa shape index (κ2) is 9.16. The van der Waals surface area contributed by atoms with E-state index in [2.05, 4.69) is 54.9 Å². The molecule has 4 heterocycles. The molecule has 5 aromatic rings. The number of pyridine rings is 1. The zero-order chi connectivity index (χ0) is 25.5. The molecule has 0 radical (unpaired) electrons. The standard InChI is InChI=1S/C28H26FN7O/c1-16-9-19(20-12-24-26(31-13-20)33-15-32-24)11-21-14-36(7-8-37-25(16)21)27-23(17(2)34-28(30)35-27)10-18-3-5-22(29)6-4-18/h3-6,9,11-13,15H,7-8,10,14H2,1-2H3,(H2,30,34,35)(H,31,32,33). The molecule has 9 heteroatoms. The Morgan fingerprint density at radius 1 is 1.05 bits per heavy atom. The number of hydrogen-bond donors (Lipinski definition) is 2. The Bertz CT molecular complexity index is 1610. The molecule has 0 saturated carbocycles. The van der Waals surface area contributed by atoms with Gasteiger partial charge in [-0.1, -0.05) is 12.1 Å². The van der Waals surface area contributed by atoms with Gasteiger partial charge in [-0.2, -0.15) is 4.98 Å². The summed E-state index contributed by atoms with van der Waals surface area (Å²) in [5.41, 5.74) is 14.6. The Morgan fingerprint density at radius 3 is 2.73 bits per heavy atom. The number of nitrogen functional groups attached to an aromatic ring is 1. The van der Waals surface area contributed by atoms with Crippen LogP contribution in [0.15, 0.2) is 55.0 Å². The fraction of sp³-hybridized carbons (Fsp3) is 0.214. The lowest BCUT2D eigenvalue weighted by atomic mass is 9.99. The van der Waals surface area contributed by atoms with Crippen molar-refractivity contribution in [3.63, 3.8) is 0 Å². The van der Waals surface area contributed by atoms with E-state index in [0.717, 1.165) is 56.2 Å². The van der Waals surface area contributed by atoms with E-state index >= 15 is 0 Å². The van der Waals surface area contributed by atoms with Crippen molar-refractivity contribution in [1.82, 2.24) is 24.9 Å². The van der Waals surface area contributed by atoms with Crippen LogP contribution in [-0.2, 0) is 13.0 Å². The van der Waals surface area contributed by atoms with Gasteiger partial charge in [-0.25, -0.2) is 19.3 Å². The monoisotopic (exact) mass is 495 g/mol. The van der Waals surface area contributed by atoms with Crippen molar-refractivity contribution < 1.29 is 9.13 Å². The molecular weight excluding hydrogens is 469 g/mol. The van der Waals surface area contributed by atoms with E-state index < -0.39 is 0 Å². The molecule has 1 aliphatic rings. The Labute approximate surface area is 213 Å². The maximum absolute atomic E-state index is 13.5. The van der Waals surface area contributed by atoms with Gasteiger partial charge in [-0.15, -0.1) is 0 Å². The van der Waals surface area contributed by atoms with Crippen molar-refractivity contribution in [3.05, 3.63) is 88.8 Å². The highest BCUT2D eigenvalue weighted by atomic mass is 19.1. The summed E-state index contributed by atoms with van der Waals surface area (Å²) in [5, 5.41) is 0. The Balaban J connectivity index is 1.39. The van der Waals surface area contributed by atoms with Gasteiger partial charge in [0.1, 0.15) is 24.0 Å². The van der Waals surface area contributed by atoms with E-state index in [-0.39, 0.29) is 11.8 Å². The minimum Gasteiger partial charge on any atom is -0.491 e. The predicted molar refractivity (Wildman–Crippen MR) is 141 cm³/mol. The first-order chi connectivity index (χ1) is 17.9. The number of aryl methyl sites for hydroxylation is 2. The van der Waals surface area contributed by atoms with Crippen LogP contribution in [-0.4, -0.2) is 38.1 Å². The molecule has 0 atom stereocenters. The topological polar surface area (TPSA) is 106 Å². The van der Waals surface area contributed by atoms with E-state index in [0.29, 0.717) is 31.8 Å². The largest absolute Gasteiger partial charge is 0.491 e. The number of fused-ring (bicyclic) bond motifs is 2. The first-order valence-electron chi connectivity index (χ1n) is 12.1. The lowest BCUT2D eigenvalue weighted by Crippen LogP contribution is -2.28. The molecule has 0 saturated heterocycles. The van der Waals surface area contributed by atoms with Crippen molar-refractivity contribution in [2.24, 2.45) is 0 Å². The fourth-order valence-electron chi connectivity index (χ4n) is 4.93. The number of aromatic amines is 1. The number of benzene rings is 2. The minimum absolute atomic E-state index is 0.226. The Hall–Kier alpha value is -4.53. The first kappa shape index (κ1) is 22.9. The summed E-state index contributed by atoms with van der Waals surface area (Å²) < 4.78 is 19.7. The van der Waals surface area contributed by atoms with Crippen molar-refractivity contribution in [2.45, 2.75) is 26.8 Å². The van der Waals surface area contributed by atoms with Gasteiger partial charge in [0, 0.05) is 41.5 Å². The molecule has 6 rings (SSSR count). The van der Waals surface area contributed by atoms with E-state index in [1.54, 1.807) is 18.5 Å². The van der Waals surface area contributed by atoms with Gasteiger partial charge in [-0.3, -0.25) is 0 Å². The maximum Gasteiger partial charge on any atom is 0.222 e. The summed E-state index contributed by atoms with van der Waals surface area (Å²) in [7, 11) is 0. The van der Waals surface area contributed by atoms with Gasteiger partial charge >= 0.3 is 0 Å². The van der Waals surface area contributed by atoms with Crippen molar-refractivity contribution in [1.29, 1.82) is 0 Å². The second-order valence-corrected chi connectivity index (χ2v) is 9.32. The quantitative estimate of drug-likeness (QED) is 0.371. The molecule has 0 amide bonds. The summed E-state index contributed by atoms with van der Waals surface area (Å²) in [5.74, 6) is 1.63. The van der Waals surface area contributed by atoms with E-state index in [9.17, 15) is 4.39 Å². The van der Waals surface area contributed by atoms with Crippen molar-refractivity contribution >= 4 is 22.9 Å². The third-order valence-corrected chi connectivity index (χ3v) is 6.73. The van der Waals surface area contributed by atoms with Gasteiger partial charge in [0.25, 0.3) is 0 Å². The van der Waals surface area contributed by atoms with Crippen LogP contribution in [0.4, 0.5) is 16.2 Å². The maximum atomic E-state index is 13.5. The van der Waals surface area contributed by atoms with E-state index in [4.69, 9.17) is 10.5 Å². The zero-order valence-electron chi connectivity index (χ0n) is 20.6. The zero-order valence-corrected chi connectivity index (χ0v) is 20.6. The number of imidazole rings is 1. The number of nitrogens with one attached hydrogen (secondary N) is 1. The van der Waals surface area contributed by atoms with E-state index in [1.807, 2.05) is 13.1 Å². The molecular formula is C28H26FN7O. The Kier molecular flexibility index (Phi) is 5.67. The number of anilines is 2. The van der Waals surface area contributed by atoms with Gasteiger partial charge in [-0.05, 0) is 60.9 Å². The molecule has 3 N–H and O–H groups in total. The fourth-order valence-corrected chi connectivity index (χ4v) is 4.93. The average molecular weight is 496 g/mol. The Morgan fingerprint density at radius 2 is 1.89 bits per heavy atom. The smallest absolute Gasteiger partial charge is 0.222 e. The normalized spacial score (nSPS) is 13.3. The number of ether oxygens (including phenoxy) is 1. The molecule has 0 aliphatic carbocycles. The molecule has 0 unspecified atom stereocenters. The van der Waals surface area contributed by atoms with Crippen LogP contribution in [0.25, 0.3) is 22.3 Å². The number of H-pyrrole nitrogens is 1. The van der Waals surface area contributed by atoms with Crippen molar-refractivity contribution in [2.75, 3.05) is 23.8 Å². The van der Waals surface area contributed by atoms with Crippen LogP contribution >= 0.6 is 0 Å². The van der Waals surface area contributed by atoms with Gasteiger partial charge in [0.05, 0.1) is 18.4 Å². The molecule has 3 aromatic heterocycles. The molecule has 0 bridgehead atoms. The summed E-state index contributed by atoms with van der Waals surface area (Å²) in [4.78, 5) is 23.1. The lowest BCUT2D eigenvalue weighted by molar-refractivity contribution is 0.329.